The number of hydrazone groups is 2. The Morgan fingerprint density at radius 1 is 0.738 bits per heavy atom. The summed E-state index contributed by atoms with van der Waals surface area (Å²) in [4.78, 5) is 26.2. The molecule has 0 spiro atoms. The number of fused-ring (bicyclic) bond motifs is 1. The Balaban J connectivity index is 1.57. The zero-order valence-electron chi connectivity index (χ0n) is 21.1. The second-order valence-corrected chi connectivity index (χ2v) is 11.1. The highest BCUT2D eigenvalue weighted by Crippen LogP contribution is 2.40. The molecule has 0 saturated carbocycles. The molecule has 0 aliphatic carbocycles. The number of rotatable bonds is 8. The lowest BCUT2D eigenvalue weighted by Gasteiger charge is -2.17. The number of amides is 2. The summed E-state index contributed by atoms with van der Waals surface area (Å²) in [5, 5.41) is 52.4. The van der Waals surface area contributed by atoms with E-state index in [1.165, 1.54) is 12.1 Å². The van der Waals surface area contributed by atoms with Gasteiger partial charge < -0.3 is 25.7 Å². The minimum atomic E-state index is -1.54. The van der Waals surface area contributed by atoms with E-state index in [1.807, 2.05) is 30.3 Å². The van der Waals surface area contributed by atoms with Crippen molar-refractivity contribution in [2.24, 2.45) is 10.2 Å². The van der Waals surface area contributed by atoms with Crippen molar-refractivity contribution in [3.05, 3.63) is 79.1 Å². The van der Waals surface area contributed by atoms with Gasteiger partial charge in [0.15, 0.2) is 6.04 Å². The molecular formula is C27H19BBr3N5O6. The average Bonchev–Trinajstić information content (AvgIpc) is 2.98. The summed E-state index contributed by atoms with van der Waals surface area (Å²) >= 11 is 9.32. The molecule has 212 valence electrons. The van der Waals surface area contributed by atoms with Crippen LogP contribution in [0.25, 0.3) is 10.8 Å². The molecule has 0 aromatic heterocycles. The van der Waals surface area contributed by atoms with E-state index >= 15 is 0 Å². The summed E-state index contributed by atoms with van der Waals surface area (Å²) in [7, 11) is 5.66. The Morgan fingerprint density at radius 3 is 1.90 bits per heavy atom. The molecule has 4 rings (SSSR count). The summed E-state index contributed by atoms with van der Waals surface area (Å²) < 4.78 is 0.477. The number of nitrogens with zero attached hydrogens (tertiary/aromatic N) is 2. The molecular weight excluding hydrogens is 741 g/mol. The lowest BCUT2D eigenvalue weighted by molar-refractivity contribution is -0.130. The van der Waals surface area contributed by atoms with Gasteiger partial charge in [0.05, 0.1) is 21.4 Å². The predicted octanol–water partition coefficient (Wildman–Crippen LogP) is 3.82. The van der Waals surface area contributed by atoms with Gasteiger partial charge in [-0.25, -0.2) is 10.9 Å². The van der Waals surface area contributed by atoms with Crippen molar-refractivity contribution in [2.45, 2.75) is 6.04 Å². The maximum Gasteiger partial charge on any atom is 0.272 e. The van der Waals surface area contributed by atoms with Crippen molar-refractivity contribution in [3.8, 4) is 23.0 Å². The van der Waals surface area contributed by atoms with Gasteiger partial charge in [0.1, 0.15) is 35.3 Å². The third kappa shape index (κ3) is 6.86. The van der Waals surface area contributed by atoms with E-state index < -0.39 is 23.6 Å². The quantitative estimate of drug-likeness (QED) is 0.0619. The highest BCUT2D eigenvalue weighted by Gasteiger charge is 2.27. The molecule has 0 fully saturated rings. The molecule has 0 bridgehead atoms. The molecule has 42 heavy (non-hydrogen) atoms. The van der Waals surface area contributed by atoms with Crippen molar-refractivity contribution in [3.63, 3.8) is 0 Å². The first-order chi connectivity index (χ1) is 20.0. The Kier molecular flexibility index (Phi) is 9.76. The number of carbonyl (C=O) groups is 2. The highest BCUT2D eigenvalue weighted by molar-refractivity contribution is 9.11. The van der Waals surface area contributed by atoms with Crippen LogP contribution in [-0.2, 0) is 9.59 Å². The van der Waals surface area contributed by atoms with Gasteiger partial charge in [0, 0.05) is 16.8 Å². The minimum absolute atomic E-state index is 0.0196. The van der Waals surface area contributed by atoms with E-state index in [-0.39, 0.29) is 47.3 Å². The van der Waals surface area contributed by atoms with Crippen molar-refractivity contribution >= 4 is 102 Å². The number of benzene rings is 4. The number of nitrogens with one attached hydrogen (secondary N) is 3. The minimum Gasteiger partial charge on any atom is -0.508 e. The zero-order valence-corrected chi connectivity index (χ0v) is 25.9. The van der Waals surface area contributed by atoms with Crippen LogP contribution in [0.15, 0.2) is 78.2 Å². The maximum absolute atomic E-state index is 13.1. The van der Waals surface area contributed by atoms with E-state index in [0.29, 0.717) is 5.69 Å². The fourth-order valence-corrected chi connectivity index (χ4v) is 5.25. The number of phenolic OH excluding ortho intramolecular Hbond substituents is 4. The summed E-state index contributed by atoms with van der Waals surface area (Å²) in [5.41, 5.74) is 4.88. The summed E-state index contributed by atoms with van der Waals surface area (Å²) in [6, 6.07) is 14.0. The number of phenols is 4. The van der Waals surface area contributed by atoms with Gasteiger partial charge >= 0.3 is 0 Å². The first-order valence-electron chi connectivity index (χ1n) is 11.8. The lowest BCUT2D eigenvalue weighted by Crippen LogP contribution is -2.47. The molecule has 1 atom stereocenters. The van der Waals surface area contributed by atoms with Gasteiger partial charge in [-0.2, -0.15) is 10.2 Å². The van der Waals surface area contributed by atoms with Crippen LogP contribution in [0.5, 0.6) is 23.0 Å². The molecule has 0 aliphatic heterocycles. The third-order valence-electron chi connectivity index (χ3n) is 5.83. The van der Waals surface area contributed by atoms with E-state index in [9.17, 15) is 30.0 Å². The molecule has 11 nitrogen and oxygen atoms in total. The first kappa shape index (κ1) is 30.9. The topological polar surface area (TPSA) is 176 Å². The third-order valence-corrected chi connectivity index (χ3v) is 7.79. The van der Waals surface area contributed by atoms with E-state index in [0.717, 1.165) is 23.2 Å². The number of anilines is 1. The van der Waals surface area contributed by atoms with Crippen LogP contribution in [0, 0.1) is 0 Å². The van der Waals surface area contributed by atoms with Crippen LogP contribution in [-0.4, -0.2) is 58.6 Å². The number of hydrogen-bond donors (Lipinski definition) is 7. The van der Waals surface area contributed by atoms with Crippen molar-refractivity contribution in [1.82, 2.24) is 10.9 Å². The van der Waals surface area contributed by atoms with Crippen LogP contribution in [0.4, 0.5) is 5.69 Å². The molecule has 15 heteroatoms. The molecule has 0 heterocycles. The first-order valence-corrected chi connectivity index (χ1v) is 14.2. The van der Waals surface area contributed by atoms with Gasteiger partial charge in [-0.1, -0.05) is 30.3 Å². The molecule has 4 aromatic rings. The van der Waals surface area contributed by atoms with Crippen LogP contribution in [0.1, 0.15) is 11.1 Å². The van der Waals surface area contributed by atoms with Gasteiger partial charge in [-0.15, -0.1) is 0 Å². The van der Waals surface area contributed by atoms with Crippen molar-refractivity contribution in [2.75, 3.05) is 5.32 Å². The SMILES string of the molecule is [B]c1c(O)c(Br)cc(/C=N/NC(=O)C(Nc2ccc3ccccc3c2)C(=O)N/N=C/c2cc(Br)c(O)c(Br)c2O)c1O. The fraction of sp³-hybridized carbons (Fsp3) is 0.0370. The van der Waals surface area contributed by atoms with E-state index in [2.05, 4.69) is 74.2 Å². The molecule has 2 amide bonds. The molecule has 4 aromatic carbocycles. The smallest absolute Gasteiger partial charge is 0.272 e. The van der Waals surface area contributed by atoms with Crippen molar-refractivity contribution in [1.29, 1.82) is 0 Å². The highest BCUT2D eigenvalue weighted by atomic mass is 79.9. The van der Waals surface area contributed by atoms with E-state index in [1.54, 1.807) is 12.1 Å². The van der Waals surface area contributed by atoms with Crippen LogP contribution >= 0.6 is 47.8 Å². The summed E-state index contributed by atoms with van der Waals surface area (Å²) in [6.45, 7) is 0. The molecule has 7 N–H and O–H groups in total. The van der Waals surface area contributed by atoms with Crippen LogP contribution in [0.2, 0.25) is 0 Å². The van der Waals surface area contributed by atoms with Crippen LogP contribution in [0.3, 0.4) is 0 Å². The largest absolute Gasteiger partial charge is 0.508 e. The molecule has 2 radical (unpaired) electrons. The number of hydrogen-bond acceptors (Lipinski definition) is 9. The Labute approximate surface area is 265 Å². The molecule has 0 saturated heterocycles. The molecule has 1 unspecified atom stereocenters. The monoisotopic (exact) mass is 757 g/mol. The van der Waals surface area contributed by atoms with Crippen LogP contribution < -0.4 is 21.6 Å². The maximum atomic E-state index is 13.1. The van der Waals surface area contributed by atoms with E-state index in [4.69, 9.17) is 7.85 Å². The predicted molar refractivity (Wildman–Crippen MR) is 171 cm³/mol. The summed E-state index contributed by atoms with van der Waals surface area (Å²) in [6.07, 6.45) is 2.21. The van der Waals surface area contributed by atoms with Gasteiger partial charge in [-0.05, 0) is 88.3 Å². The average molecular weight is 760 g/mol. The Morgan fingerprint density at radius 2 is 1.29 bits per heavy atom. The summed E-state index contributed by atoms with van der Waals surface area (Å²) in [5.74, 6) is -3.11. The second-order valence-electron chi connectivity index (χ2n) is 8.63. The Bertz CT molecular complexity index is 1680. The number of halogens is 3. The molecule has 0 aliphatic rings. The van der Waals surface area contributed by atoms with Gasteiger partial charge in [0.25, 0.3) is 11.8 Å². The normalized spacial score (nSPS) is 12.1. The van der Waals surface area contributed by atoms with Gasteiger partial charge in [0.2, 0.25) is 0 Å². The lowest BCUT2D eigenvalue weighted by atomic mass is 9.92. The fourth-order valence-electron chi connectivity index (χ4n) is 3.64. The number of carbonyl (C=O) groups excluding carboxylic acids is 2. The number of aromatic hydroxyl groups is 4. The Hall–Kier alpha value is -4.08. The zero-order chi connectivity index (χ0) is 30.6. The van der Waals surface area contributed by atoms with Crippen molar-refractivity contribution < 1.29 is 30.0 Å². The van der Waals surface area contributed by atoms with Gasteiger partial charge in [-0.3, -0.25) is 9.59 Å². The standard InChI is InChI=1S/C27H19BBr3N5O6/c28-19-22(37)14(8-17(29)24(19)39)10-32-35-26(41)21(34-16-6-5-12-3-1-2-4-13(12)7-16)27(42)36-33-11-15-9-18(30)25(40)20(31)23(15)38/h1-11,21,34,37-40H,(H,35,41)(H,36,42)/b32-10+,33-11+. The second kappa shape index (κ2) is 13.3.